The van der Waals surface area contributed by atoms with E-state index < -0.39 is 11.8 Å². The molecule has 0 heterocycles. The Balaban J connectivity index is 2.66. The fourth-order valence-electron chi connectivity index (χ4n) is 1.41. The van der Waals surface area contributed by atoms with Gasteiger partial charge in [-0.2, -0.15) is 0 Å². The molecule has 0 aliphatic heterocycles. The first kappa shape index (κ1) is 15.6. The first-order valence-electron chi connectivity index (χ1n) is 6.01. The van der Waals surface area contributed by atoms with Gasteiger partial charge in [0.2, 0.25) is 6.29 Å². The van der Waals surface area contributed by atoms with Crippen molar-refractivity contribution < 1.29 is 14.4 Å². The SMILES string of the molecule is CNCC(=O)NN(C[C]=O)C(=O)/C=C/c1ccccc1. The number of amides is 2. The van der Waals surface area contributed by atoms with Gasteiger partial charge in [0.05, 0.1) is 6.54 Å². The molecule has 105 valence electrons. The van der Waals surface area contributed by atoms with Crippen LogP contribution in [0.2, 0.25) is 0 Å². The van der Waals surface area contributed by atoms with Gasteiger partial charge in [-0.3, -0.25) is 19.8 Å². The summed E-state index contributed by atoms with van der Waals surface area (Å²) >= 11 is 0. The van der Waals surface area contributed by atoms with Gasteiger partial charge in [0.15, 0.2) is 0 Å². The lowest BCUT2D eigenvalue weighted by molar-refractivity contribution is -0.136. The zero-order valence-electron chi connectivity index (χ0n) is 11.1. The third-order valence-corrected chi connectivity index (χ3v) is 2.30. The van der Waals surface area contributed by atoms with E-state index in [-0.39, 0.29) is 13.1 Å². The van der Waals surface area contributed by atoms with E-state index in [2.05, 4.69) is 10.7 Å². The molecule has 2 amide bonds. The monoisotopic (exact) mass is 274 g/mol. The fourth-order valence-corrected chi connectivity index (χ4v) is 1.41. The van der Waals surface area contributed by atoms with Gasteiger partial charge in [-0.25, -0.2) is 5.01 Å². The van der Waals surface area contributed by atoms with Crippen LogP contribution in [0, 0.1) is 0 Å². The second-order valence-corrected chi connectivity index (χ2v) is 3.88. The summed E-state index contributed by atoms with van der Waals surface area (Å²) in [4.78, 5) is 33.7. The van der Waals surface area contributed by atoms with Crippen molar-refractivity contribution in [3.8, 4) is 0 Å². The highest BCUT2D eigenvalue weighted by atomic mass is 16.2. The van der Waals surface area contributed by atoms with Gasteiger partial charge in [0, 0.05) is 6.08 Å². The standard InChI is InChI=1S/C14H16N3O3/c1-15-11-13(19)16-17(9-10-18)14(20)8-7-12-5-3-2-4-6-12/h2-8,15H,9,11H2,1H3,(H,16,19)/b8-7+. The zero-order chi connectivity index (χ0) is 14.8. The van der Waals surface area contributed by atoms with E-state index in [0.29, 0.717) is 0 Å². The van der Waals surface area contributed by atoms with Crippen LogP contribution in [0.25, 0.3) is 6.08 Å². The smallest absolute Gasteiger partial charge is 0.265 e. The van der Waals surface area contributed by atoms with Crippen molar-refractivity contribution in [3.63, 3.8) is 0 Å². The van der Waals surface area contributed by atoms with Crippen LogP contribution in [0.4, 0.5) is 0 Å². The summed E-state index contributed by atoms with van der Waals surface area (Å²) < 4.78 is 0. The van der Waals surface area contributed by atoms with Gasteiger partial charge in [0.25, 0.3) is 11.8 Å². The number of carbonyl (C=O) groups is 2. The van der Waals surface area contributed by atoms with Crippen LogP contribution in [0.5, 0.6) is 0 Å². The van der Waals surface area contributed by atoms with Gasteiger partial charge in [-0.05, 0) is 18.7 Å². The number of rotatable bonds is 6. The molecule has 0 aliphatic rings. The van der Waals surface area contributed by atoms with Crippen molar-refractivity contribution in [2.75, 3.05) is 20.1 Å². The predicted octanol–water partition coefficient (Wildman–Crippen LogP) is -0.111. The lowest BCUT2D eigenvalue weighted by Crippen LogP contribution is -2.48. The Labute approximate surface area is 117 Å². The molecule has 20 heavy (non-hydrogen) atoms. The van der Waals surface area contributed by atoms with E-state index in [9.17, 15) is 14.4 Å². The quantitative estimate of drug-likeness (QED) is 0.560. The maximum atomic E-state index is 11.9. The minimum atomic E-state index is -0.498. The largest absolute Gasteiger partial charge is 0.311 e. The molecule has 0 unspecified atom stereocenters. The molecule has 1 aromatic rings. The predicted molar refractivity (Wildman–Crippen MR) is 75.0 cm³/mol. The Bertz CT molecular complexity index is 486. The number of nitrogens with one attached hydrogen (secondary N) is 2. The first-order valence-corrected chi connectivity index (χ1v) is 6.01. The molecule has 2 N–H and O–H groups in total. The third kappa shape index (κ3) is 5.45. The van der Waals surface area contributed by atoms with Gasteiger partial charge in [-0.1, -0.05) is 30.3 Å². The molecule has 0 saturated heterocycles. The number of hydrogen-bond donors (Lipinski definition) is 2. The third-order valence-electron chi connectivity index (χ3n) is 2.30. The molecule has 0 fully saturated rings. The van der Waals surface area contributed by atoms with E-state index in [4.69, 9.17) is 0 Å². The Morgan fingerprint density at radius 3 is 2.60 bits per heavy atom. The maximum Gasteiger partial charge on any atom is 0.265 e. The van der Waals surface area contributed by atoms with Crippen molar-refractivity contribution in [1.29, 1.82) is 0 Å². The Hall–Kier alpha value is -2.47. The van der Waals surface area contributed by atoms with Crippen molar-refractivity contribution in [1.82, 2.24) is 15.8 Å². The fraction of sp³-hybridized carbons (Fsp3) is 0.214. The number of benzene rings is 1. The number of nitrogens with zero attached hydrogens (tertiary/aromatic N) is 1. The minimum absolute atomic E-state index is 0.0467. The Morgan fingerprint density at radius 2 is 2.00 bits per heavy atom. The van der Waals surface area contributed by atoms with Crippen LogP contribution in [-0.4, -0.2) is 43.2 Å². The van der Waals surface area contributed by atoms with E-state index in [1.165, 1.54) is 6.08 Å². The zero-order valence-corrected chi connectivity index (χ0v) is 11.1. The van der Waals surface area contributed by atoms with E-state index in [0.717, 1.165) is 10.6 Å². The molecule has 0 atom stereocenters. The van der Waals surface area contributed by atoms with Crippen LogP contribution in [0.3, 0.4) is 0 Å². The maximum absolute atomic E-state index is 11.9. The normalized spacial score (nSPS) is 10.2. The molecule has 6 nitrogen and oxygen atoms in total. The number of carbonyl (C=O) groups excluding carboxylic acids is 3. The summed E-state index contributed by atoms with van der Waals surface area (Å²) in [6.07, 6.45) is 4.47. The minimum Gasteiger partial charge on any atom is -0.311 e. The first-order chi connectivity index (χ1) is 9.67. The lowest BCUT2D eigenvalue weighted by atomic mass is 10.2. The van der Waals surface area contributed by atoms with E-state index in [1.54, 1.807) is 19.4 Å². The molecule has 1 aromatic carbocycles. The Morgan fingerprint density at radius 1 is 1.30 bits per heavy atom. The summed E-state index contributed by atoms with van der Waals surface area (Å²) in [7, 11) is 1.60. The Kier molecular flexibility index (Phi) is 6.70. The van der Waals surface area contributed by atoms with Crippen LogP contribution in [0.1, 0.15) is 5.56 Å². The van der Waals surface area contributed by atoms with Crippen molar-refractivity contribution >= 4 is 24.2 Å². The van der Waals surface area contributed by atoms with Crippen molar-refractivity contribution in [2.45, 2.75) is 0 Å². The summed E-state index contributed by atoms with van der Waals surface area (Å²) in [5, 5.41) is 3.55. The van der Waals surface area contributed by atoms with Gasteiger partial charge in [-0.15, -0.1) is 0 Å². The lowest BCUT2D eigenvalue weighted by Gasteiger charge is -2.18. The van der Waals surface area contributed by atoms with Crippen molar-refractivity contribution in [3.05, 3.63) is 42.0 Å². The molecule has 1 radical (unpaired) electrons. The molecular weight excluding hydrogens is 258 g/mol. The highest BCUT2D eigenvalue weighted by molar-refractivity contribution is 5.94. The van der Waals surface area contributed by atoms with Gasteiger partial charge < -0.3 is 5.32 Å². The van der Waals surface area contributed by atoms with Gasteiger partial charge >= 0.3 is 0 Å². The average Bonchev–Trinajstić information content (AvgIpc) is 2.45. The molecular formula is C14H16N3O3. The molecule has 0 aromatic heterocycles. The number of hydrazine groups is 1. The van der Waals surface area contributed by atoms with Crippen molar-refractivity contribution in [2.24, 2.45) is 0 Å². The molecule has 0 bridgehead atoms. The van der Waals surface area contributed by atoms with E-state index >= 15 is 0 Å². The summed E-state index contributed by atoms with van der Waals surface area (Å²) in [6, 6.07) is 9.22. The topological polar surface area (TPSA) is 78.5 Å². The highest BCUT2D eigenvalue weighted by Gasteiger charge is 2.13. The molecule has 0 spiro atoms. The summed E-state index contributed by atoms with van der Waals surface area (Å²) in [5.74, 6) is -0.911. The second kappa shape index (κ2) is 8.60. The number of likely N-dealkylation sites (N-methyl/N-ethyl adjacent to an activating group) is 1. The molecule has 6 heteroatoms. The van der Waals surface area contributed by atoms with Gasteiger partial charge in [0.1, 0.15) is 6.54 Å². The average molecular weight is 274 g/mol. The highest BCUT2D eigenvalue weighted by Crippen LogP contribution is 2.01. The van der Waals surface area contributed by atoms with E-state index in [1.807, 2.05) is 30.3 Å². The number of hydrogen-bond acceptors (Lipinski definition) is 4. The second-order valence-electron chi connectivity index (χ2n) is 3.88. The summed E-state index contributed by atoms with van der Waals surface area (Å²) in [6.45, 7) is -0.279. The molecule has 0 aliphatic carbocycles. The molecule has 0 saturated carbocycles. The van der Waals surface area contributed by atoms with Crippen LogP contribution in [0.15, 0.2) is 36.4 Å². The molecule has 1 rings (SSSR count). The summed E-state index contributed by atoms with van der Waals surface area (Å²) in [5.41, 5.74) is 3.17. The van der Waals surface area contributed by atoms with Crippen LogP contribution in [-0.2, 0) is 14.4 Å². The van der Waals surface area contributed by atoms with Crippen LogP contribution < -0.4 is 10.7 Å². The van der Waals surface area contributed by atoms with Crippen LogP contribution >= 0.6 is 0 Å².